The SMILES string of the molecule is CCCCCCC/C=C\CCCCCCCC(=O)OCCCCCCCCCCCCCCCCCCCCCCCCCCCCCCCCCC(=O)NC(CO)C(O)CCCCCCCCCCCCCCCCCC. The lowest BCUT2D eigenvalue weighted by Crippen LogP contribution is -2.45. The highest BCUT2D eigenvalue weighted by Crippen LogP contribution is 2.19. The van der Waals surface area contributed by atoms with Gasteiger partial charge in [0, 0.05) is 12.8 Å². The summed E-state index contributed by atoms with van der Waals surface area (Å²) in [6, 6.07) is -0.537. The molecular weight excluding hydrogens is 959 g/mol. The van der Waals surface area contributed by atoms with E-state index in [-0.39, 0.29) is 18.5 Å². The number of esters is 1. The van der Waals surface area contributed by atoms with Crippen molar-refractivity contribution in [2.75, 3.05) is 13.2 Å². The molecule has 0 aliphatic heterocycles. The minimum atomic E-state index is -0.661. The van der Waals surface area contributed by atoms with Crippen molar-refractivity contribution in [2.24, 2.45) is 0 Å². The van der Waals surface area contributed by atoms with Gasteiger partial charge < -0.3 is 20.3 Å². The van der Waals surface area contributed by atoms with Gasteiger partial charge in [-0.2, -0.15) is 0 Å². The minimum Gasteiger partial charge on any atom is -0.466 e. The van der Waals surface area contributed by atoms with Crippen molar-refractivity contribution in [3.05, 3.63) is 12.2 Å². The van der Waals surface area contributed by atoms with Gasteiger partial charge in [-0.25, -0.2) is 0 Å². The Balaban J connectivity index is 3.32. The van der Waals surface area contributed by atoms with Crippen LogP contribution in [0.15, 0.2) is 12.2 Å². The van der Waals surface area contributed by atoms with Crippen molar-refractivity contribution in [1.82, 2.24) is 5.32 Å². The second-order valence-corrected chi connectivity index (χ2v) is 24.9. The molecule has 0 aromatic carbocycles. The van der Waals surface area contributed by atoms with E-state index in [0.717, 1.165) is 44.9 Å². The van der Waals surface area contributed by atoms with Crippen molar-refractivity contribution in [3.8, 4) is 0 Å². The van der Waals surface area contributed by atoms with Crippen LogP contribution >= 0.6 is 0 Å². The number of allylic oxidation sites excluding steroid dienone is 2. The molecule has 0 heterocycles. The van der Waals surface area contributed by atoms with E-state index in [1.54, 1.807) is 0 Å². The minimum absolute atomic E-state index is 0.0130. The number of nitrogens with one attached hydrogen (secondary N) is 1. The predicted molar refractivity (Wildman–Crippen MR) is 343 cm³/mol. The topological polar surface area (TPSA) is 95.9 Å². The Labute approximate surface area is 489 Å². The second-order valence-electron chi connectivity index (χ2n) is 24.9. The predicted octanol–water partition coefficient (Wildman–Crippen LogP) is 23.1. The van der Waals surface area contributed by atoms with Gasteiger partial charge in [0.05, 0.1) is 25.4 Å². The molecule has 0 aromatic heterocycles. The van der Waals surface area contributed by atoms with E-state index >= 15 is 0 Å². The molecule has 6 nitrogen and oxygen atoms in total. The smallest absolute Gasteiger partial charge is 0.305 e. The molecule has 0 spiro atoms. The summed E-state index contributed by atoms with van der Waals surface area (Å²) in [5.41, 5.74) is 0. The normalized spacial score (nSPS) is 12.5. The number of hydrogen-bond donors (Lipinski definition) is 3. The number of carbonyl (C=O) groups excluding carboxylic acids is 2. The fourth-order valence-corrected chi connectivity index (χ4v) is 11.6. The van der Waals surface area contributed by atoms with E-state index in [9.17, 15) is 19.8 Å². The second kappa shape index (κ2) is 68.1. The van der Waals surface area contributed by atoms with E-state index in [0.29, 0.717) is 25.9 Å². The maximum atomic E-state index is 12.5. The van der Waals surface area contributed by atoms with E-state index < -0.39 is 12.1 Å². The Bertz CT molecular complexity index is 1180. The van der Waals surface area contributed by atoms with Crippen molar-refractivity contribution < 1.29 is 24.5 Å². The zero-order valence-electron chi connectivity index (χ0n) is 53.2. The fraction of sp³-hybridized carbons (Fsp3) is 0.944. The summed E-state index contributed by atoms with van der Waals surface area (Å²) >= 11 is 0. The number of amides is 1. The Hall–Kier alpha value is -1.40. The first-order valence-corrected chi connectivity index (χ1v) is 35.9. The number of unbranched alkanes of at least 4 members (excludes halogenated alkanes) is 55. The Kier molecular flexibility index (Phi) is 66.9. The number of ether oxygens (including phenoxy) is 1. The lowest BCUT2D eigenvalue weighted by atomic mass is 10.0. The molecule has 0 saturated carbocycles. The molecule has 0 saturated heterocycles. The fourth-order valence-electron chi connectivity index (χ4n) is 11.6. The Morgan fingerprint density at radius 2 is 0.603 bits per heavy atom. The highest BCUT2D eigenvalue weighted by atomic mass is 16.5. The van der Waals surface area contributed by atoms with Gasteiger partial charge >= 0.3 is 5.97 Å². The molecule has 3 N–H and O–H groups in total. The van der Waals surface area contributed by atoms with Gasteiger partial charge in [-0.3, -0.25) is 9.59 Å². The summed E-state index contributed by atoms with van der Waals surface area (Å²) in [7, 11) is 0. The molecule has 0 fully saturated rings. The maximum absolute atomic E-state index is 12.5. The lowest BCUT2D eigenvalue weighted by Gasteiger charge is -2.22. The third kappa shape index (κ3) is 63.8. The summed E-state index contributed by atoms with van der Waals surface area (Å²) in [5.74, 6) is -0.0140. The third-order valence-electron chi connectivity index (χ3n) is 17.1. The Morgan fingerprint density at radius 1 is 0.346 bits per heavy atom. The van der Waals surface area contributed by atoms with Gasteiger partial charge in [0.2, 0.25) is 5.91 Å². The molecule has 2 unspecified atom stereocenters. The van der Waals surface area contributed by atoms with Crippen LogP contribution in [0.2, 0.25) is 0 Å². The van der Waals surface area contributed by atoms with E-state index in [2.05, 4.69) is 31.3 Å². The highest BCUT2D eigenvalue weighted by Gasteiger charge is 2.20. The first kappa shape index (κ1) is 76.6. The van der Waals surface area contributed by atoms with Crippen LogP contribution in [0, 0.1) is 0 Å². The van der Waals surface area contributed by atoms with Gasteiger partial charge in [0.1, 0.15) is 0 Å². The van der Waals surface area contributed by atoms with Crippen LogP contribution in [0.5, 0.6) is 0 Å². The first-order chi connectivity index (χ1) is 38.5. The molecule has 0 aliphatic carbocycles. The number of hydrogen-bond acceptors (Lipinski definition) is 5. The summed E-state index contributed by atoms with van der Waals surface area (Å²) < 4.78 is 5.49. The van der Waals surface area contributed by atoms with Crippen LogP contribution in [0.25, 0.3) is 0 Å². The number of carbonyl (C=O) groups is 2. The molecule has 0 aliphatic rings. The van der Waals surface area contributed by atoms with Crippen LogP contribution in [-0.4, -0.2) is 47.4 Å². The largest absolute Gasteiger partial charge is 0.466 e. The van der Waals surface area contributed by atoms with Crippen molar-refractivity contribution in [3.63, 3.8) is 0 Å². The van der Waals surface area contributed by atoms with Crippen LogP contribution in [-0.2, 0) is 14.3 Å². The summed E-state index contributed by atoms with van der Waals surface area (Å²) in [5, 5.41) is 23.4. The summed E-state index contributed by atoms with van der Waals surface area (Å²) in [6.45, 7) is 4.98. The monoisotopic (exact) mass is 1100 g/mol. The van der Waals surface area contributed by atoms with Crippen molar-refractivity contribution >= 4 is 11.9 Å². The molecule has 2 atom stereocenters. The van der Waals surface area contributed by atoms with Crippen molar-refractivity contribution in [1.29, 1.82) is 0 Å². The highest BCUT2D eigenvalue weighted by molar-refractivity contribution is 5.76. The average Bonchev–Trinajstić information content (AvgIpc) is 3.44. The molecule has 464 valence electrons. The summed E-state index contributed by atoms with van der Waals surface area (Å²) in [6.07, 6.45) is 84.1. The average molecular weight is 1100 g/mol. The molecule has 1 amide bonds. The van der Waals surface area contributed by atoms with E-state index in [1.165, 1.54) is 334 Å². The van der Waals surface area contributed by atoms with E-state index in [4.69, 9.17) is 4.74 Å². The molecule has 0 rings (SSSR count). The molecule has 0 aromatic rings. The van der Waals surface area contributed by atoms with Crippen LogP contribution in [0.3, 0.4) is 0 Å². The molecule has 6 heteroatoms. The molecule has 78 heavy (non-hydrogen) atoms. The summed E-state index contributed by atoms with van der Waals surface area (Å²) in [4.78, 5) is 24.6. The zero-order chi connectivity index (χ0) is 56.4. The first-order valence-electron chi connectivity index (χ1n) is 35.9. The maximum Gasteiger partial charge on any atom is 0.305 e. The van der Waals surface area contributed by atoms with Gasteiger partial charge in [-0.05, 0) is 51.4 Å². The van der Waals surface area contributed by atoms with Crippen molar-refractivity contribution in [2.45, 2.75) is 424 Å². The van der Waals surface area contributed by atoms with E-state index in [1.807, 2.05) is 0 Å². The third-order valence-corrected chi connectivity index (χ3v) is 17.1. The van der Waals surface area contributed by atoms with Gasteiger partial charge in [-0.1, -0.05) is 360 Å². The molecule has 0 radical (unpaired) electrons. The number of rotatable bonds is 68. The molecular formula is C72H141NO5. The number of aliphatic hydroxyl groups is 2. The van der Waals surface area contributed by atoms with Crippen LogP contribution in [0.4, 0.5) is 0 Å². The molecule has 0 bridgehead atoms. The Morgan fingerprint density at radius 3 is 0.910 bits per heavy atom. The standard InChI is InChI=1S/C72H141NO5/c1-3-5-7-9-11-13-15-17-19-37-40-44-48-52-56-60-64-70(75)69(68-74)73-71(76)65-61-57-53-49-45-41-38-35-33-31-29-27-25-23-21-20-22-24-26-28-30-32-34-36-39-43-47-51-55-59-63-67-78-72(77)66-62-58-54-50-46-42-18-16-14-12-10-8-6-4-2/h16,18,69-70,74-75H,3-15,17,19-68H2,1-2H3,(H,73,76)/b18-16-. The zero-order valence-corrected chi connectivity index (χ0v) is 53.2. The number of aliphatic hydroxyl groups excluding tert-OH is 2. The van der Waals surface area contributed by atoms with Gasteiger partial charge in [0.25, 0.3) is 0 Å². The van der Waals surface area contributed by atoms with Crippen LogP contribution < -0.4 is 5.32 Å². The lowest BCUT2D eigenvalue weighted by molar-refractivity contribution is -0.143. The van der Waals surface area contributed by atoms with Gasteiger partial charge in [-0.15, -0.1) is 0 Å². The van der Waals surface area contributed by atoms with Gasteiger partial charge in [0.15, 0.2) is 0 Å². The van der Waals surface area contributed by atoms with Crippen LogP contribution in [0.1, 0.15) is 412 Å². The quantitative estimate of drug-likeness (QED) is 0.0320.